The van der Waals surface area contributed by atoms with Gasteiger partial charge in [-0.15, -0.1) is 21.5 Å². The molecule has 4 rings (SSSR count). The molecule has 2 aliphatic rings. The number of benzene rings is 1. The summed E-state index contributed by atoms with van der Waals surface area (Å²) in [4.78, 5) is 12.8. The van der Waals surface area contributed by atoms with Gasteiger partial charge in [0.2, 0.25) is 0 Å². The zero-order chi connectivity index (χ0) is 16.5. The van der Waals surface area contributed by atoms with E-state index in [2.05, 4.69) is 15.1 Å². The molecule has 0 bridgehead atoms. The van der Waals surface area contributed by atoms with E-state index in [1.165, 1.54) is 22.9 Å². The molecule has 24 heavy (non-hydrogen) atoms. The van der Waals surface area contributed by atoms with Crippen LogP contribution in [0.5, 0.6) is 0 Å². The van der Waals surface area contributed by atoms with Crippen LogP contribution >= 0.6 is 11.3 Å². The first-order valence-corrected chi connectivity index (χ1v) is 9.29. The fourth-order valence-electron chi connectivity index (χ4n) is 3.23. The smallest absolute Gasteiger partial charge is 0.269 e. The van der Waals surface area contributed by atoms with Crippen molar-refractivity contribution in [3.05, 3.63) is 50.0 Å². The van der Waals surface area contributed by atoms with Gasteiger partial charge in [-0.05, 0) is 44.3 Å². The molecule has 0 unspecified atom stereocenters. The first-order chi connectivity index (χ1) is 11.7. The topological polar surface area (TPSA) is 72.2 Å². The van der Waals surface area contributed by atoms with Gasteiger partial charge >= 0.3 is 0 Å². The summed E-state index contributed by atoms with van der Waals surface area (Å²) < 4.78 is 0. The summed E-state index contributed by atoms with van der Waals surface area (Å²) in [6.07, 6.45) is 4.79. The van der Waals surface area contributed by atoms with Crippen molar-refractivity contribution in [3.8, 4) is 0 Å². The second-order valence-corrected chi connectivity index (χ2v) is 7.77. The lowest BCUT2D eigenvalue weighted by molar-refractivity contribution is -0.384. The molecular weight excluding hydrogens is 324 g/mol. The molecule has 1 aliphatic heterocycles. The number of likely N-dealkylation sites (tertiary alicyclic amines) is 1. The summed E-state index contributed by atoms with van der Waals surface area (Å²) in [5.74, 6) is 1.24. The number of nitro groups is 1. The normalized spacial score (nSPS) is 19.5. The number of hydrogen-bond acceptors (Lipinski definition) is 6. The molecule has 1 saturated carbocycles. The molecule has 0 radical (unpaired) electrons. The number of rotatable bonds is 5. The van der Waals surface area contributed by atoms with Gasteiger partial charge in [-0.25, -0.2) is 0 Å². The van der Waals surface area contributed by atoms with Crippen molar-refractivity contribution in [3.63, 3.8) is 0 Å². The van der Waals surface area contributed by atoms with E-state index in [1.54, 1.807) is 12.1 Å². The van der Waals surface area contributed by atoms with E-state index in [9.17, 15) is 10.1 Å². The first-order valence-electron chi connectivity index (χ1n) is 8.48. The van der Waals surface area contributed by atoms with Gasteiger partial charge < -0.3 is 0 Å². The Hall–Kier alpha value is -1.86. The number of aromatic nitrogens is 2. The molecule has 126 valence electrons. The predicted octanol–water partition coefficient (Wildman–Crippen LogP) is 3.70. The van der Waals surface area contributed by atoms with Gasteiger partial charge in [0.15, 0.2) is 0 Å². The summed E-state index contributed by atoms with van der Waals surface area (Å²) >= 11 is 1.81. The Morgan fingerprint density at radius 1 is 1.04 bits per heavy atom. The lowest BCUT2D eigenvalue weighted by atomic mass is 9.97. The second-order valence-electron chi connectivity index (χ2n) is 6.73. The minimum Gasteiger partial charge on any atom is -0.299 e. The maximum absolute atomic E-state index is 10.7. The highest BCUT2D eigenvalue weighted by Gasteiger charge is 2.30. The summed E-state index contributed by atoms with van der Waals surface area (Å²) in [6, 6.07) is 6.89. The third kappa shape index (κ3) is 3.47. The van der Waals surface area contributed by atoms with Gasteiger partial charge in [0.1, 0.15) is 10.0 Å². The van der Waals surface area contributed by atoms with E-state index >= 15 is 0 Å². The van der Waals surface area contributed by atoms with Gasteiger partial charge in [0.05, 0.1) is 4.92 Å². The Bertz CT molecular complexity index is 718. The average Bonchev–Trinajstić information content (AvgIpc) is 3.33. The van der Waals surface area contributed by atoms with E-state index in [0.717, 1.165) is 38.0 Å². The van der Waals surface area contributed by atoms with E-state index in [-0.39, 0.29) is 10.6 Å². The van der Waals surface area contributed by atoms with Crippen molar-refractivity contribution in [2.45, 2.75) is 44.1 Å². The van der Waals surface area contributed by atoms with Gasteiger partial charge in [0, 0.05) is 30.5 Å². The lowest BCUT2D eigenvalue weighted by Gasteiger charge is -2.30. The fourth-order valence-corrected chi connectivity index (χ4v) is 4.41. The van der Waals surface area contributed by atoms with Crippen LogP contribution in [0.25, 0.3) is 0 Å². The summed E-state index contributed by atoms with van der Waals surface area (Å²) in [5.41, 5.74) is 1.28. The van der Waals surface area contributed by atoms with Crippen molar-refractivity contribution in [2.75, 3.05) is 13.1 Å². The fraction of sp³-hybridized carbons (Fsp3) is 0.529. The van der Waals surface area contributed by atoms with Crippen LogP contribution in [0, 0.1) is 10.1 Å². The molecule has 0 amide bonds. The standard InChI is InChI=1S/C17H20N4O2S/c22-21(23)15-5-1-12(2-6-15)11-20-9-7-14(8-10-20)17-19-18-16(24-17)13-3-4-13/h1-2,5-6,13-14H,3-4,7-11H2. The molecule has 1 aromatic heterocycles. The Kier molecular flexibility index (Phi) is 4.28. The van der Waals surface area contributed by atoms with E-state index in [4.69, 9.17) is 0 Å². The number of non-ortho nitro benzene ring substituents is 1. The second kappa shape index (κ2) is 6.57. The van der Waals surface area contributed by atoms with E-state index in [1.807, 2.05) is 23.5 Å². The zero-order valence-electron chi connectivity index (χ0n) is 13.4. The highest BCUT2D eigenvalue weighted by atomic mass is 32.1. The number of hydrogen-bond donors (Lipinski definition) is 0. The van der Waals surface area contributed by atoms with E-state index in [0.29, 0.717) is 11.8 Å². The van der Waals surface area contributed by atoms with Crippen LogP contribution in [0.15, 0.2) is 24.3 Å². The van der Waals surface area contributed by atoms with Crippen molar-refractivity contribution < 1.29 is 4.92 Å². The Labute approximate surface area is 144 Å². The van der Waals surface area contributed by atoms with Crippen LogP contribution in [-0.4, -0.2) is 33.1 Å². The molecule has 2 fully saturated rings. The third-order valence-corrected chi connectivity index (χ3v) is 6.12. The van der Waals surface area contributed by atoms with Crippen LogP contribution in [-0.2, 0) is 6.54 Å². The summed E-state index contributed by atoms with van der Waals surface area (Å²) in [5, 5.41) is 21.9. The van der Waals surface area contributed by atoms with Crippen LogP contribution in [0.4, 0.5) is 5.69 Å². The highest BCUT2D eigenvalue weighted by molar-refractivity contribution is 7.11. The SMILES string of the molecule is O=[N+]([O-])c1ccc(CN2CCC(c3nnc(C4CC4)s3)CC2)cc1. The highest BCUT2D eigenvalue weighted by Crippen LogP contribution is 2.43. The number of nitro benzene ring substituents is 1. The lowest BCUT2D eigenvalue weighted by Crippen LogP contribution is -2.32. The maximum atomic E-state index is 10.7. The van der Waals surface area contributed by atoms with Crippen LogP contribution in [0.1, 0.15) is 53.1 Å². The maximum Gasteiger partial charge on any atom is 0.269 e. The third-order valence-electron chi connectivity index (χ3n) is 4.87. The van der Waals surface area contributed by atoms with E-state index < -0.39 is 0 Å². The Morgan fingerprint density at radius 3 is 2.17 bits per heavy atom. The first kappa shape index (κ1) is 15.7. The molecular formula is C17H20N4O2S. The number of piperidine rings is 1. The molecule has 6 nitrogen and oxygen atoms in total. The van der Waals surface area contributed by atoms with Gasteiger partial charge in [-0.2, -0.15) is 0 Å². The van der Waals surface area contributed by atoms with Crippen LogP contribution < -0.4 is 0 Å². The molecule has 2 heterocycles. The quantitative estimate of drug-likeness (QED) is 0.611. The summed E-state index contributed by atoms with van der Waals surface area (Å²) in [6.45, 7) is 2.94. The minimum absolute atomic E-state index is 0.153. The average molecular weight is 344 g/mol. The van der Waals surface area contributed by atoms with Crippen LogP contribution in [0.2, 0.25) is 0 Å². The molecule has 0 atom stereocenters. The molecule has 0 N–H and O–H groups in total. The molecule has 0 spiro atoms. The molecule has 2 aromatic rings. The molecule has 7 heteroatoms. The largest absolute Gasteiger partial charge is 0.299 e. The van der Waals surface area contributed by atoms with Crippen molar-refractivity contribution >= 4 is 17.0 Å². The minimum atomic E-state index is -0.354. The van der Waals surface area contributed by atoms with Gasteiger partial charge in [0.25, 0.3) is 5.69 Å². The molecule has 1 aliphatic carbocycles. The van der Waals surface area contributed by atoms with Crippen molar-refractivity contribution in [2.24, 2.45) is 0 Å². The Balaban J connectivity index is 1.31. The molecule has 1 saturated heterocycles. The monoisotopic (exact) mass is 344 g/mol. The predicted molar refractivity (Wildman–Crippen MR) is 92.2 cm³/mol. The zero-order valence-corrected chi connectivity index (χ0v) is 14.2. The van der Waals surface area contributed by atoms with Crippen molar-refractivity contribution in [1.29, 1.82) is 0 Å². The summed E-state index contributed by atoms with van der Waals surface area (Å²) in [7, 11) is 0. The van der Waals surface area contributed by atoms with Crippen molar-refractivity contribution in [1.82, 2.24) is 15.1 Å². The molecule has 1 aromatic carbocycles. The van der Waals surface area contributed by atoms with Gasteiger partial charge in [-0.1, -0.05) is 12.1 Å². The number of nitrogens with zero attached hydrogens (tertiary/aromatic N) is 4. The van der Waals surface area contributed by atoms with Crippen LogP contribution in [0.3, 0.4) is 0 Å². The van der Waals surface area contributed by atoms with Gasteiger partial charge in [-0.3, -0.25) is 15.0 Å². The Morgan fingerprint density at radius 2 is 1.62 bits per heavy atom.